The summed E-state index contributed by atoms with van der Waals surface area (Å²) < 4.78 is 11.4. The predicted octanol–water partition coefficient (Wildman–Crippen LogP) is 3.61. The first-order valence-electron chi connectivity index (χ1n) is 11.6. The van der Waals surface area contributed by atoms with Crippen molar-refractivity contribution in [2.45, 2.75) is 59.3 Å². The number of carbonyl (C=O) groups excluding carboxylic acids is 1. The Balaban J connectivity index is 1.40. The Morgan fingerprint density at radius 3 is 2.56 bits per heavy atom. The van der Waals surface area contributed by atoms with E-state index in [4.69, 9.17) is 14.4 Å². The van der Waals surface area contributed by atoms with Gasteiger partial charge in [-0.3, -0.25) is 4.79 Å². The summed E-state index contributed by atoms with van der Waals surface area (Å²) in [5.41, 5.74) is 2.41. The minimum Gasteiger partial charge on any atom is -0.494 e. The number of hydrogen-bond acceptors (Lipinski definition) is 7. The van der Waals surface area contributed by atoms with Crippen molar-refractivity contribution in [3.8, 4) is 5.75 Å². The number of benzene rings is 1. The number of piperidine rings is 1. The number of carbonyl (C=O) groups is 1. The first-order chi connectivity index (χ1) is 15.4. The van der Waals surface area contributed by atoms with E-state index in [0.29, 0.717) is 24.1 Å². The minimum atomic E-state index is -0.159. The fourth-order valence-electron chi connectivity index (χ4n) is 4.19. The van der Waals surface area contributed by atoms with Crippen molar-refractivity contribution < 1.29 is 19.2 Å². The number of nitrogens with zero attached hydrogens (tertiary/aromatic N) is 3. The number of aliphatic hydroxyl groups is 1. The van der Waals surface area contributed by atoms with E-state index in [1.807, 2.05) is 26.0 Å². The number of aryl methyl sites for hydroxylation is 2. The molecule has 0 aliphatic carbocycles. The molecule has 1 saturated heterocycles. The minimum absolute atomic E-state index is 0.0694. The Hall–Kier alpha value is -2.61. The van der Waals surface area contributed by atoms with E-state index in [1.165, 1.54) is 0 Å². The molecular formula is C24H36N4O4. The highest BCUT2D eigenvalue weighted by molar-refractivity contribution is 5.97. The van der Waals surface area contributed by atoms with Gasteiger partial charge in [0.15, 0.2) is 5.82 Å². The number of aromatic nitrogens is 2. The first-order valence-corrected chi connectivity index (χ1v) is 11.6. The second-order valence-electron chi connectivity index (χ2n) is 8.92. The Kier molecular flexibility index (Phi) is 8.50. The topological polar surface area (TPSA) is 101 Å². The van der Waals surface area contributed by atoms with Gasteiger partial charge in [-0.05, 0) is 68.7 Å². The molecule has 0 spiro atoms. The molecule has 8 nitrogen and oxygen atoms in total. The van der Waals surface area contributed by atoms with Crippen molar-refractivity contribution in [1.29, 1.82) is 0 Å². The van der Waals surface area contributed by atoms with Gasteiger partial charge in [-0.1, -0.05) is 19.0 Å². The van der Waals surface area contributed by atoms with Crippen molar-refractivity contribution in [3.63, 3.8) is 0 Å². The smallest absolute Gasteiger partial charge is 0.324 e. The molecule has 8 heteroatoms. The van der Waals surface area contributed by atoms with Crippen LogP contribution in [-0.4, -0.2) is 54.0 Å². The van der Waals surface area contributed by atoms with Crippen molar-refractivity contribution in [3.05, 3.63) is 34.6 Å². The Bertz CT molecular complexity index is 865. The van der Waals surface area contributed by atoms with Gasteiger partial charge in [-0.2, -0.15) is 4.98 Å². The number of aliphatic hydroxyl groups excluding tert-OH is 1. The second kappa shape index (κ2) is 11.3. The van der Waals surface area contributed by atoms with E-state index in [-0.39, 0.29) is 25.0 Å². The molecular weight excluding hydrogens is 408 g/mol. The quantitative estimate of drug-likeness (QED) is 0.540. The summed E-state index contributed by atoms with van der Waals surface area (Å²) in [5.74, 6) is 2.36. The van der Waals surface area contributed by atoms with Crippen molar-refractivity contribution in [2.24, 2.45) is 5.92 Å². The lowest BCUT2D eigenvalue weighted by atomic mass is 9.92. The van der Waals surface area contributed by atoms with Gasteiger partial charge < -0.3 is 24.6 Å². The third-order valence-electron chi connectivity index (χ3n) is 5.99. The fraction of sp³-hybridized carbons (Fsp3) is 0.625. The second-order valence-corrected chi connectivity index (χ2v) is 8.92. The van der Waals surface area contributed by atoms with Crippen LogP contribution < -0.4 is 15.0 Å². The van der Waals surface area contributed by atoms with Crippen molar-refractivity contribution >= 4 is 11.9 Å². The molecule has 2 aromatic rings. The lowest BCUT2D eigenvalue weighted by Gasteiger charge is -2.30. The van der Waals surface area contributed by atoms with E-state index in [9.17, 15) is 4.79 Å². The molecule has 1 amide bonds. The molecule has 1 aromatic heterocycles. The van der Waals surface area contributed by atoms with E-state index in [2.05, 4.69) is 34.2 Å². The largest absolute Gasteiger partial charge is 0.494 e. The van der Waals surface area contributed by atoms with Crippen LogP contribution in [0.25, 0.3) is 0 Å². The van der Waals surface area contributed by atoms with Gasteiger partial charge in [-0.25, -0.2) is 0 Å². The van der Waals surface area contributed by atoms with Gasteiger partial charge in [0, 0.05) is 31.1 Å². The van der Waals surface area contributed by atoms with E-state index in [0.717, 1.165) is 61.5 Å². The molecule has 1 aliphatic heterocycles. The summed E-state index contributed by atoms with van der Waals surface area (Å²) in [6.45, 7) is 10.7. The standard InChI is InChI=1S/C24H36N4O4/c1-16(2)22-26-24(32-27-22)28-10-7-19(8-11-28)6-5-13-31-20-14-17(3)21(18(4)15-20)23(30)25-9-12-29/h14-16,19,29H,5-13H2,1-4H3,(H,25,30). The van der Waals surface area contributed by atoms with Crippen LogP contribution in [0.15, 0.2) is 16.7 Å². The predicted molar refractivity (Wildman–Crippen MR) is 123 cm³/mol. The summed E-state index contributed by atoms with van der Waals surface area (Å²) in [4.78, 5) is 19.0. The normalized spacial score (nSPS) is 14.8. The van der Waals surface area contributed by atoms with E-state index >= 15 is 0 Å². The highest BCUT2D eigenvalue weighted by Crippen LogP contribution is 2.27. The van der Waals surface area contributed by atoms with Gasteiger partial charge in [0.05, 0.1) is 13.2 Å². The van der Waals surface area contributed by atoms with Crippen LogP contribution >= 0.6 is 0 Å². The summed E-state index contributed by atoms with van der Waals surface area (Å²) in [6, 6.07) is 4.47. The van der Waals surface area contributed by atoms with Crippen molar-refractivity contribution in [1.82, 2.24) is 15.5 Å². The summed E-state index contributed by atoms with van der Waals surface area (Å²) in [6.07, 6.45) is 4.37. The maximum absolute atomic E-state index is 12.3. The number of amides is 1. The highest BCUT2D eigenvalue weighted by atomic mass is 16.5. The van der Waals surface area contributed by atoms with E-state index in [1.54, 1.807) is 0 Å². The Morgan fingerprint density at radius 2 is 1.97 bits per heavy atom. The SMILES string of the molecule is Cc1cc(OCCCC2CCN(c3nc(C(C)C)no3)CC2)cc(C)c1C(=O)NCCO. The highest BCUT2D eigenvalue weighted by Gasteiger charge is 2.23. The molecule has 2 heterocycles. The molecule has 0 atom stereocenters. The number of nitrogens with one attached hydrogen (secondary N) is 1. The average molecular weight is 445 g/mol. The zero-order valence-electron chi connectivity index (χ0n) is 19.7. The average Bonchev–Trinajstić information content (AvgIpc) is 3.26. The number of ether oxygens (including phenoxy) is 1. The van der Waals surface area contributed by atoms with Crippen LogP contribution in [0.5, 0.6) is 5.75 Å². The third kappa shape index (κ3) is 6.22. The Morgan fingerprint density at radius 1 is 1.28 bits per heavy atom. The molecule has 0 radical (unpaired) electrons. The zero-order chi connectivity index (χ0) is 23.1. The lowest BCUT2D eigenvalue weighted by Crippen LogP contribution is -2.34. The molecule has 1 aliphatic rings. The molecule has 1 aromatic carbocycles. The number of hydrogen-bond donors (Lipinski definition) is 2. The van der Waals surface area contributed by atoms with Crippen molar-refractivity contribution in [2.75, 3.05) is 37.7 Å². The molecule has 0 bridgehead atoms. The van der Waals surface area contributed by atoms with Gasteiger partial charge in [0.1, 0.15) is 5.75 Å². The molecule has 1 fully saturated rings. The van der Waals surface area contributed by atoms with Crippen LogP contribution in [-0.2, 0) is 0 Å². The summed E-state index contributed by atoms with van der Waals surface area (Å²) in [5, 5.41) is 15.7. The lowest BCUT2D eigenvalue weighted by molar-refractivity contribution is 0.0943. The summed E-state index contributed by atoms with van der Waals surface area (Å²) >= 11 is 0. The van der Waals surface area contributed by atoms with Gasteiger partial charge in [-0.15, -0.1) is 0 Å². The molecule has 32 heavy (non-hydrogen) atoms. The third-order valence-corrected chi connectivity index (χ3v) is 5.99. The molecule has 176 valence electrons. The molecule has 0 unspecified atom stereocenters. The molecule has 3 rings (SSSR count). The van der Waals surface area contributed by atoms with Gasteiger partial charge in [0.25, 0.3) is 5.91 Å². The molecule has 2 N–H and O–H groups in total. The fourth-order valence-corrected chi connectivity index (χ4v) is 4.19. The monoisotopic (exact) mass is 444 g/mol. The van der Waals surface area contributed by atoms with Crippen LogP contribution in [0.2, 0.25) is 0 Å². The van der Waals surface area contributed by atoms with Crippen LogP contribution in [0, 0.1) is 19.8 Å². The Labute approximate surface area is 190 Å². The number of rotatable bonds is 10. The van der Waals surface area contributed by atoms with Gasteiger partial charge >= 0.3 is 6.01 Å². The number of anilines is 1. The van der Waals surface area contributed by atoms with Crippen LogP contribution in [0.3, 0.4) is 0 Å². The van der Waals surface area contributed by atoms with E-state index < -0.39 is 0 Å². The van der Waals surface area contributed by atoms with Crippen LogP contribution in [0.1, 0.15) is 72.8 Å². The molecule has 0 saturated carbocycles. The maximum atomic E-state index is 12.3. The zero-order valence-corrected chi connectivity index (χ0v) is 19.7. The van der Waals surface area contributed by atoms with Crippen LogP contribution in [0.4, 0.5) is 6.01 Å². The maximum Gasteiger partial charge on any atom is 0.324 e. The summed E-state index contributed by atoms with van der Waals surface area (Å²) in [7, 11) is 0. The first kappa shape index (κ1) is 24.0. The van der Waals surface area contributed by atoms with Gasteiger partial charge in [0.2, 0.25) is 0 Å².